The number of halogens is 1. The summed E-state index contributed by atoms with van der Waals surface area (Å²) in [5.41, 5.74) is 1.69. The third kappa shape index (κ3) is 2.60. The molecule has 0 N–H and O–H groups in total. The van der Waals surface area contributed by atoms with Crippen molar-refractivity contribution in [1.82, 2.24) is 0 Å². The lowest BCUT2D eigenvalue weighted by Gasteiger charge is -2.13. The van der Waals surface area contributed by atoms with Crippen molar-refractivity contribution in [2.24, 2.45) is 11.0 Å². The van der Waals surface area contributed by atoms with Crippen LogP contribution < -0.4 is 5.01 Å². The number of nitrogens with zero attached hydrogens (tertiary/aromatic N) is 2. The van der Waals surface area contributed by atoms with Crippen LogP contribution in [0.25, 0.3) is 0 Å². The number of ketones is 1. The number of anilines is 1. The zero-order valence-corrected chi connectivity index (χ0v) is 13.4. The van der Waals surface area contributed by atoms with E-state index in [4.69, 9.17) is 0 Å². The molecule has 0 fully saturated rings. The molecule has 1 atom stereocenters. The predicted octanol–water partition coefficient (Wildman–Crippen LogP) is 3.67. The van der Waals surface area contributed by atoms with Gasteiger partial charge in [-0.3, -0.25) is 9.59 Å². The van der Waals surface area contributed by atoms with Crippen molar-refractivity contribution in [2.75, 3.05) is 5.01 Å². The van der Waals surface area contributed by atoms with E-state index in [1.54, 1.807) is 43.3 Å². The van der Waals surface area contributed by atoms with Crippen molar-refractivity contribution in [3.8, 4) is 0 Å². The van der Waals surface area contributed by atoms with Crippen LogP contribution >= 0.6 is 15.9 Å². The van der Waals surface area contributed by atoms with Gasteiger partial charge in [0.25, 0.3) is 5.91 Å². The van der Waals surface area contributed by atoms with Crippen LogP contribution in [0.4, 0.5) is 5.69 Å². The number of carbonyl (C=O) groups excluding carboxylic acids is 2. The molecular weight excluding hydrogens is 344 g/mol. The largest absolute Gasteiger partial charge is 0.293 e. The molecule has 3 rings (SSSR count). The fourth-order valence-electron chi connectivity index (χ4n) is 2.40. The fourth-order valence-corrected chi connectivity index (χ4v) is 2.67. The summed E-state index contributed by atoms with van der Waals surface area (Å²) in [6.45, 7) is 1.71. The Morgan fingerprint density at radius 1 is 1.09 bits per heavy atom. The van der Waals surface area contributed by atoms with Gasteiger partial charge in [-0.05, 0) is 31.2 Å². The fraction of sp³-hybridized carbons (Fsp3) is 0.118. The zero-order chi connectivity index (χ0) is 15.7. The van der Waals surface area contributed by atoms with Gasteiger partial charge in [-0.15, -0.1) is 0 Å². The maximum absolute atomic E-state index is 12.6. The standard InChI is InChI=1S/C17H13BrN2O2/c1-11-15(16(21)12-7-9-13(18)10-8-12)17(22)20(19-11)14-5-3-2-4-6-14/h2-10,15H,1H3. The number of carbonyl (C=O) groups is 2. The van der Waals surface area contributed by atoms with Crippen LogP contribution in [-0.4, -0.2) is 17.4 Å². The van der Waals surface area contributed by atoms with E-state index in [1.807, 2.05) is 18.2 Å². The summed E-state index contributed by atoms with van der Waals surface area (Å²) >= 11 is 3.33. The molecule has 1 aliphatic rings. The molecule has 0 saturated carbocycles. The zero-order valence-electron chi connectivity index (χ0n) is 11.9. The Labute approximate surface area is 136 Å². The minimum Gasteiger partial charge on any atom is -0.293 e. The van der Waals surface area contributed by atoms with E-state index in [2.05, 4.69) is 21.0 Å². The van der Waals surface area contributed by atoms with Crippen LogP contribution in [0.15, 0.2) is 64.2 Å². The third-order valence-electron chi connectivity index (χ3n) is 3.52. The quantitative estimate of drug-likeness (QED) is 0.622. The van der Waals surface area contributed by atoms with E-state index in [0.29, 0.717) is 17.0 Å². The van der Waals surface area contributed by atoms with E-state index >= 15 is 0 Å². The van der Waals surface area contributed by atoms with Gasteiger partial charge in [-0.2, -0.15) is 10.1 Å². The van der Waals surface area contributed by atoms with Gasteiger partial charge >= 0.3 is 0 Å². The second kappa shape index (κ2) is 5.85. The number of rotatable bonds is 3. The molecule has 1 aliphatic heterocycles. The van der Waals surface area contributed by atoms with Crippen molar-refractivity contribution in [2.45, 2.75) is 6.92 Å². The Hall–Kier alpha value is -2.27. The third-order valence-corrected chi connectivity index (χ3v) is 4.05. The molecule has 110 valence electrons. The minimum absolute atomic E-state index is 0.225. The second-order valence-electron chi connectivity index (χ2n) is 5.03. The summed E-state index contributed by atoms with van der Waals surface area (Å²) in [7, 11) is 0. The summed E-state index contributed by atoms with van der Waals surface area (Å²) in [6, 6.07) is 16.1. The Bertz CT molecular complexity index is 754. The molecule has 2 aromatic rings. The molecule has 0 aliphatic carbocycles. The first-order valence-corrected chi connectivity index (χ1v) is 7.61. The number of hydrogen-bond donors (Lipinski definition) is 0. The first-order valence-electron chi connectivity index (χ1n) is 6.82. The molecule has 5 heteroatoms. The highest BCUT2D eigenvalue weighted by atomic mass is 79.9. The second-order valence-corrected chi connectivity index (χ2v) is 5.95. The van der Waals surface area contributed by atoms with Gasteiger partial charge < -0.3 is 0 Å². The lowest BCUT2D eigenvalue weighted by atomic mass is 9.94. The molecule has 1 heterocycles. The molecule has 0 spiro atoms. The molecule has 0 radical (unpaired) electrons. The normalized spacial score (nSPS) is 17.5. The van der Waals surface area contributed by atoms with Gasteiger partial charge in [0.05, 0.1) is 11.4 Å². The lowest BCUT2D eigenvalue weighted by molar-refractivity contribution is -0.118. The van der Waals surface area contributed by atoms with Crippen molar-refractivity contribution in [3.63, 3.8) is 0 Å². The molecule has 0 saturated heterocycles. The van der Waals surface area contributed by atoms with E-state index in [-0.39, 0.29) is 11.7 Å². The highest BCUT2D eigenvalue weighted by molar-refractivity contribution is 9.10. The summed E-state index contributed by atoms with van der Waals surface area (Å²) in [5.74, 6) is -1.38. The summed E-state index contributed by atoms with van der Waals surface area (Å²) in [5, 5.41) is 5.56. The van der Waals surface area contributed by atoms with E-state index in [0.717, 1.165) is 4.47 Å². The average molecular weight is 357 g/mol. The summed E-state index contributed by atoms with van der Waals surface area (Å²) < 4.78 is 0.887. The number of benzene rings is 2. The topological polar surface area (TPSA) is 49.7 Å². The summed E-state index contributed by atoms with van der Waals surface area (Å²) in [4.78, 5) is 25.2. The van der Waals surface area contributed by atoms with Gasteiger partial charge in [0.2, 0.25) is 0 Å². The van der Waals surface area contributed by atoms with Crippen LogP contribution in [0.5, 0.6) is 0 Å². The Morgan fingerprint density at radius 2 is 1.73 bits per heavy atom. The molecule has 0 aromatic heterocycles. The molecule has 1 amide bonds. The Kier molecular flexibility index (Phi) is 3.90. The number of amides is 1. The molecular formula is C17H13BrN2O2. The maximum atomic E-state index is 12.6. The van der Waals surface area contributed by atoms with Crippen molar-refractivity contribution < 1.29 is 9.59 Å². The maximum Gasteiger partial charge on any atom is 0.264 e. The van der Waals surface area contributed by atoms with Crippen LogP contribution in [-0.2, 0) is 4.79 Å². The molecule has 2 aromatic carbocycles. The van der Waals surface area contributed by atoms with E-state index in [9.17, 15) is 9.59 Å². The van der Waals surface area contributed by atoms with Crippen molar-refractivity contribution in [1.29, 1.82) is 0 Å². The van der Waals surface area contributed by atoms with Gasteiger partial charge in [0, 0.05) is 10.0 Å². The molecule has 0 bridgehead atoms. The Morgan fingerprint density at radius 3 is 2.36 bits per heavy atom. The average Bonchev–Trinajstić information content (AvgIpc) is 2.83. The monoisotopic (exact) mass is 356 g/mol. The van der Waals surface area contributed by atoms with Gasteiger partial charge in [-0.1, -0.05) is 46.3 Å². The summed E-state index contributed by atoms with van der Waals surface area (Å²) in [6.07, 6.45) is 0. The first-order chi connectivity index (χ1) is 10.6. The molecule has 4 nitrogen and oxygen atoms in total. The number of para-hydroxylation sites is 1. The highest BCUT2D eigenvalue weighted by Gasteiger charge is 2.39. The van der Waals surface area contributed by atoms with Crippen LogP contribution in [0.2, 0.25) is 0 Å². The SMILES string of the molecule is CC1=NN(c2ccccc2)C(=O)C1C(=O)c1ccc(Br)cc1. The lowest BCUT2D eigenvalue weighted by Crippen LogP contribution is -2.32. The Balaban J connectivity index is 1.90. The highest BCUT2D eigenvalue weighted by Crippen LogP contribution is 2.26. The first kappa shape index (κ1) is 14.7. The molecule has 22 heavy (non-hydrogen) atoms. The number of Topliss-reactive ketones (excluding diaryl/α,β-unsaturated/α-hetero) is 1. The molecule has 1 unspecified atom stereocenters. The van der Waals surface area contributed by atoms with Gasteiger partial charge in [-0.25, -0.2) is 0 Å². The van der Waals surface area contributed by atoms with Crippen molar-refractivity contribution >= 4 is 39.0 Å². The van der Waals surface area contributed by atoms with Crippen LogP contribution in [0, 0.1) is 5.92 Å². The number of hydrazone groups is 1. The van der Waals surface area contributed by atoms with E-state index < -0.39 is 5.92 Å². The number of hydrogen-bond acceptors (Lipinski definition) is 3. The van der Waals surface area contributed by atoms with Crippen LogP contribution in [0.1, 0.15) is 17.3 Å². The van der Waals surface area contributed by atoms with Gasteiger partial charge in [0.15, 0.2) is 5.78 Å². The van der Waals surface area contributed by atoms with Gasteiger partial charge in [0.1, 0.15) is 5.92 Å². The minimum atomic E-state index is -0.846. The smallest absolute Gasteiger partial charge is 0.264 e. The predicted molar refractivity (Wildman–Crippen MR) is 89.0 cm³/mol. The van der Waals surface area contributed by atoms with E-state index in [1.165, 1.54) is 5.01 Å². The van der Waals surface area contributed by atoms with Crippen molar-refractivity contribution in [3.05, 3.63) is 64.6 Å². The van der Waals surface area contributed by atoms with Crippen LogP contribution in [0.3, 0.4) is 0 Å².